The fourth-order valence-corrected chi connectivity index (χ4v) is 0.453. The highest BCUT2D eigenvalue weighted by atomic mass is 16.6. The first-order chi connectivity index (χ1) is 5.11. The van der Waals surface area contributed by atoms with Crippen LogP contribution in [0.4, 0.5) is 4.79 Å². The number of aliphatic hydroxyl groups is 3. The summed E-state index contributed by atoms with van der Waals surface area (Å²) in [6, 6.07) is 0. The molecule has 0 aromatic carbocycles. The van der Waals surface area contributed by atoms with Gasteiger partial charge in [-0.25, -0.2) is 4.79 Å². The first-order valence-corrected chi connectivity index (χ1v) is 2.97. The number of carbonyl (C=O) groups is 1. The minimum Gasteiger partial charge on any atom is -0.419 e. The summed E-state index contributed by atoms with van der Waals surface area (Å²) in [4.78, 5) is 10.0. The van der Waals surface area contributed by atoms with Crippen molar-refractivity contribution in [1.82, 2.24) is 0 Å². The zero-order chi connectivity index (χ0) is 8.85. The van der Waals surface area contributed by atoms with Crippen molar-refractivity contribution >= 4 is 6.09 Å². The fraction of sp³-hybridized carbons (Fsp3) is 0.800. The van der Waals surface area contributed by atoms with Crippen molar-refractivity contribution in [2.24, 2.45) is 11.7 Å². The Morgan fingerprint density at radius 3 is 2.18 bits per heavy atom. The molecule has 0 saturated heterocycles. The molecule has 0 saturated carbocycles. The van der Waals surface area contributed by atoms with Crippen molar-refractivity contribution in [3.05, 3.63) is 0 Å². The smallest absolute Gasteiger partial charge is 0.406 e. The third-order valence-corrected chi connectivity index (χ3v) is 1.11. The normalized spacial score (nSPS) is 13.1. The molecule has 0 bridgehead atoms. The average molecular weight is 165 g/mol. The lowest BCUT2D eigenvalue weighted by molar-refractivity contribution is -0.111. The molecule has 0 aliphatic carbocycles. The predicted molar refractivity (Wildman–Crippen MR) is 34.3 cm³/mol. The topological polar surface area (TPSA) is 113 Å². The van der Waals surface area contributed by atoms with E-state index in [0.717, 1.165) is 0 Å². The van der Waals surface area contributed by atoms with Crippen LogP contribution >= 0.6 is 0 Å². The highest BCUT2D eigenvalue weighted by Gasteiger charge is 2.20. The molecule has 1 unspecified atom stereocenters. The molecule has 6 heteroatoms. The number of aliphatic hydroxyl groups excluding tert-OH is 3. The third kappa shape index (κ3) is 3.76. The van der Waals surface area contributed by atoms with Gasteiger partial charge in [0.15, 0.2) is 0 Å². The lowest BCUT2D eigenvalue weighted by Gasteiger charge is -2.16. The van der Waals surface area contributed by atoms with Crippen LogP contribution < -0.4 is 5.73 Å². The van der Waals surface area contributed by atoms with Crippen LogP contribution in [-0.4, -0.2) is 40.9 Å². The summed E-state index contributed by atoms with van der Waals surface area (Å²) in [5.74, 6) is -0.900. The van der Waals surface area contributed by atoms with Crippen molar-refractivity contribution < 1.29 is 24.9 Å². The molecule has 6 nitrogen and oxygen atoms in total. The van der Waals surface area contributed by atoms with Gasteiger partial charge in [-0.3, -0.25) is 0 Å². The minimum atomic E-state index is -1.55. The number of primary amides is 1. The second kappa shape index (κ2) is 4.89. The quantitative estimate of drug-likeness (QED) is 0.360. The van der Waals surface area contributed by atoms with Crippen molar-refractivity contribution in [2.75, 3.05) is 13.2 Å². The van der Waals surface area contributed by atoms with Crippen LogP contribution in [0, 0.1) is 5.92 Å². The average Bonchev–Trinajstić information content (AvgIpc) is 1.88. The van der Waals surface area contributed by atoms with Crippen LogP contribution in [0.1, 0.15) is 0 Å². The summed E-state index contributed by atoms with van der Waals surface area (Å²) in [5, 5.41) is 25.8. The first-order valence-electron chi connectivity index (χ1n) is 2.97. The second-order valence-corrected chi connectivity index (χ2v) is 1.95. The fourth-order valence-electron chi connectivity index (χ4n) is 0.453. The van der Waals surface area contributed by atoms with E-state index < -0.39 is 31.5 Å². The van der Waals surface area contributed by atoms with E-state index in [2.05, 4.69) is 10.5 Å². The second-order valence-electron chi connectivity index (χ2n) is 1.95. The number of hydrogen-bond acceptors (Lipinski definition) is 5. The van der Waals surface area contributed by atoms with E-state index in [1.807, 2.05) is 0 Å². The monoisotopic (exact) mass is 165 g/mol. The Bertz CT molecular complexity index is 124. The van der Waals surface area contributed by atoms with Crippen molar-refractivity contribution in [3.63, 3.8) is 0 Å². The SMILES string of the molecule is NC(=O)OC(O)C(CO)CO. The molecule has 5 N–H and O–H groups in total. The summed E-state index contributed by atoms with van der Waals surface area (Å²) in [7, 11) is 0. The number of ether oxygens (including phenoxy) is 1. The lowest BCUT2D eigenvalue weighted by Crippen LogP contribution is -2.33. The van der Waals surface area contributed by atoms with Crippen LogP contribution in [0.2, 0.25) is 0 Å². The standard InChI is InChI=1S/C5H11NO5/c6-5(10)11-4(9)3(1-7)2-8/h3-4,7-9H,1-2H2,(H2,6,10). The third-order valence-electron chi connectivity index (χ3n) is 1.11. The van der Waals surface area contributed by atoms with E-state index in [1.165, 1.54) is 0 Å². The van der Waals surface area contributed by atoms with E-state index in [9.17, 15) is 4.79 Å². The Balaban J connectivity index is 3.78. The maximum Gasteiger partial charge on any atom is 0.406 e. The van der Waals surface area contributed by atoms with E-state index in [-0.39, 0.29) is 0 Å². The molecule has 0 aromatic heterocycles. The zero-order valence-electron chi connectivity index (χ0n) is 5.80. The Hall–Kier alpha value is -0.850. The van der Waals surface area contributed by atoms with Gasteiger partial charge in [-0.1, -0.05) is 0 Å². The molecular formula is C5H11NO5. The van der Waals surface area contributed by atoms with Crippen molar-refractivity contribution in [3.8, 4) is 0 Å². The molecule has 0 heterocycles. The van der Waals surface area contributed by atoms with Crippen LogP contribution in [0.5, 0.6) is 0 Å². The van der Waals surface area contributed by atoms with Crippen LogP contribution in [-0.2, 0) is 4.74 Å². The van der Waals surface area contributed by atoms with E-state index in [1.54, 1.807) is 0 Å². The number of rotatable bonds is 4. The summed E-state index contributed by atoms with van der Waals surface area (Å²) in [5.41, 5.74) is 4.56. The molecule has 1 amide bonds. The van der Waals surface area contributed by atoms with Gasteiger partial charge in [0.25, 0.3) is 0 Å². The van der Waals surface area contributed by atoms with E-state index in [4.69, 9.17) is 15.3 Å². The van der Waals surface area contributed by atoms with Gasteiger partial charge < -0.3 is 25.8 Å². The minimum absolute atomic E-state index is 0.481. The number of carbonyl (C=O) groups excluding carboxylic acids is 1. The van der Waals surface area contributed by atoms with Gasteiger partial charge in [0.1, 0.15) is 0 Å². The first kappa shape index (κ1) is 10.2. The Kier molecular flexibility index (Phi) is 4.51. The molecule has 0 aliphatic rings. The molecule has 0 spiro atoms. The van der Waals surface area contributed by atoms with Crippen molar-refractivity contribution in [1.29, 1.82) is 0 Å². The molecule has 0 rings (SSSR count). The van der Waals surface area contributed by atoms with Gasteiger partial charge in [0.05, 0.1) is 19.1 Å². The van der Waals surface area contributed by atoms with Crippen LogP contribution in [0.25, 0.3) is 0 Å². The molecule has 0 fully saturated rings. The van der Waals surface area contributed by atoms with Gasteiger partial charge in [0.2, 0.25) is 6.29 Å². The summed E-state index contributed by atoms with van der Waals surface area (Å²) >= 11 is 0. The molecule has 1 atom stereocenters. The van der Waals surface area contributed by atoms with Crippen molar-refractivity contribution in [2.45, 2.75) is 6.29 Å². The highest BCUT2D eigenvalue weighted by Crippen LogP contribution is 2.02. The van der Waals surface area contributed by atoms with Gasteiger partial charge in [-0.05, 0) is 0 Å². The molecule has 0 radical (unpaired) electrons. The maximum absolute atomic E-state index is 10.0. The molecular weight excluding hydrogens is 154 g/mol. The number of amides is 1. The summed E-state index contributed by atoms with van der Waals surface area (Å²) in [6.07, 6.45) is -2.70. The van der Waals surface area contributed by atoms with E-state index >= 15 is 0 Å². The van der Waals surface area contributed by atoms with E-state index in [0.29, 0.717) is 0 Å². The van der Waals surface area contributed by atoms with Gasteiger partial charge in [0, 0.05) is 0 Å². The summed E-state index contributed by atoms with van der Waals surface area (Å²) < 4.78 is 4.07. The maximum atomic E-state index is 10.0. The predicted octanol–water partition coefficient (Wildman–Crippen LogP) is -2.00. The Morgan fingerprint density at radius 1 is 1.45 bits per heavy atom. The largest absolute Gasteiger partial charge is 0.419 e. The highest BCUT2D eigenvalue weighted by molar-refractivity contribution is 5.64. The zero-order valence-corrected chi connectivity index (χ0v) is 5.80. The summed E-state index contributed by atoms with van der Waals surface area (Å²) in [6.45, 7) is -0.962. The number of nitrogens with two attached hydrogens (primary N) is 1. The lowest BCUT2D eigenvalue weighted by atomic mass is 10.2. The molecule has 0 aromatic rings. The van der Waals surface area contributed by atoms with Gasteiger partial charge >= 0.3 is 6.09 Å². The molecule has 11 heavy (non-hydrogen) atoms. The Morgan fingerprint density at radius 2 is 1.91 bits per heavy atom. The van der Waals surface area contributed by atoms with Crippen LogP contribution in [0.15, 0.2) is 0 Å². The molecule has 66 valence electrons. The van der Waals surface area contributed by atoms with Gasteiger partial charge in [-0.15, -0.1) is 0 Å². The van der Waals surface area contributed by atoms with Crippen LogP contribution in [0.3, 0.4) is 0 Å². The Labute approximate surface area is 63.2 Å². The van der Waals surface area contributed by atoms with Gasteiger partial charge in [-0.2, -0.15) is 0 Å². The molecule has 0 aliphatic heterocycles. The number of hydrogen-bond donors (Lipinski definition) is 4.